The number of rotatable bonds is 3. The highest BCUT2D eigenvalue weighted by Gasteiger charge is 2.33. The summed E-state index contributed by atoms with van der Waals surface area (Å²) in [5.41, 5.74) is 1.21. The maximum atomic E-state index is 12.2. The van der Waals surface area contributed by atoms with Gasteiger partial charge in [0.1, 0.15) is 0 Å². The van der Waals surface area contributed by atoms with Crippen LogP contribution in [0.25, 0.3) is 0 Å². The average molecular weight is 355 g/mol. The minimum absolute atomic E-state index is 0.00908. The largest absolute Gasteiger partial charge is 0.376 e. The van der Waals surface area contributed by atoms with Gasteiger partial charge >= 0.3 is 6.03 Å². The molecule has 2 heterocycles. The molecule has 2 bridgehead atoms. The standard InChI is InChI=1S/C15H19BrN2O3/c16-12-3-1-2-11(6-12)4-5-17-15(19)18-7-13-9-20-10-14(8-18)21-13/h1-3,6,13-14H,4-5,7-10H2,(H,17,19). The zero-order valence-corrected chi connectivity index (χ0v) is 13.3. The van der Waals surface area contributed by atoms with Gasteiger partial charge < -0.3 is 19.7 Å². The average Bonchev–Trinajstić information content (AvgIpc) is 2.47. The number of amides is 2. The summed E-state index contributed by atoms with van der Waals surface area (Å²) in [5, 5.41) is 2.98. The van der Waals surface area contributed by atoms with Crippen molar-refractivity contribution in [3.05, 3.63) is 34.3 Å². The summed E-state index contributed by atoms with van der Waals surface area (Å²) in [6, 6.07) is 8.13. The Morgan fingerprint density at radius 3 is 2.81 bits per heavy atom. The highest BCUT2D eigenvalue weighted by molar-refractivity contribution is 9.10. The SMILES string of the molecule is O=C(NCCc1cccc(Br)c1)N1CC2COCC(C1)O2. The summed E-state index contributed by atoms with van der Waals surface area (Å²) >= 11 is 3.45. The summed E-state index contributed by atoms with van der Waals surface area (Å²) in [6.07, 6.45) is 0.868. The van der Waals surface area contributed by atoms with Gasteiger partial charge in [-0.25, -0.2) is 4.79 Å². The van der Waals surface area contributed by atoms with Gasteiger partial charge in [-0.3, -0.25) is 0 Å². The van der Waals surface area contributed by atoms with Crippen molar-refractivity contribution in [2.75, 3.05) is 32.8 Å². The fraction of sp³-hybridized carbons (Fsp3) is 0.533. The molecule has 2 saturated heterocycles. The lowest BCUT2D eigenvalue weighted by Gasteiger charge is -2.41. The lowest BCUT2D eigenvalue weighted by molar-refractivity contribution is -0.171. The number of nitrogens with zero attached hydrogens (tertiary/aromatic N) is 1. The van der Waals surface area contributed by atoms with Crippen molar-refractivity contribution in [2.45, 2.75) is 18.6 Å². The molecule has 2 aliphatic rings. The Morgan fingerprint density at radius 1 is 1.33 bits per heavy atom. The monoisotopic (exact) mass is 354 g/mol. The molecule has 0 aliphatic carbocycles. The molecular formula is C15H19BrN2O3. The van der Waals surface area contributed by atoms with E-state index in [2.05, 4.69) is 33.4 Å². The molecule has 114 valence electrons. The van der Waals surface area contributed by atoms with E-state index in [1.165, 1.54) is 5.56 Å². The second-order valence-electron chi connectivity index (χ2n) is 5.43. The molecule has 0 spiro atoms. The Morgan fingerprint density at radius 2 is 2.10 bits per heavy atom. The van der Waals surface area contributed by atoms with Crippen molar-refractivity contribution >= 4 is 22.0 Å². The van der Waals surface area contributed by atoms with E-state index in [0.29, 0.717) is 32.8 Å². The molecule has 2 fully saturated rings. The molecule has 1 N–H and O–H groups in total. The van der Waals surface area contributed by atoms with Crippen molar-refractivity contribution in [2.24, 2.45) is 0 Å². The number of urea groups is 1. The number of morpholine rings is 1. The molecule has 0 aromatic heterocycles. The zero-order valence-electron chi connectivity index (χ0n) is 11.8. The molecule has 5 nitrogen and oxygen atoms in total. The minimum Gasteiger partial charge on any atom is -0.376 e. The summed E-state index contributed by atoms with van der Waals surface area (Å²) in [4.78, 5) is 14.0. The van der Waals surface area contributed by atoms with E-state index in [1.54, 1.807) is 0 Å². The molecule has 2 atom stereocenters. The quantitative estimate of drug-likeness (QED) is 0.900. The highest BCUT2D eigenvalue weighted by Crippen LogP contribution is 2.17. The molecule has 0 saturated carbocycles. The van der Waals surface area contributed by atoms with Gasteiger partial charge in [0.15, 0.2) is 0 Å². The first-order valence-corrected chi connectivity index (χ1v) is 8.00. The van der Waals surface area contributed by atoms with Crippen LogP contribution < -0.4 is 5.32 Å². The molecule has 21 heavy (non-hydrogen) atoms. The third kappa shape index (κ3) is 3.96. The third-order valence-corrected chi connectivity index (χ3v) is 4.20. The predicted octanol–water partition coefficient (Wildman–Crippen LogP) is 1.80. The fourth-order valence-corrected chi connectivity index (χ4v) is 3.17. The maximum Gasteiger partial charge on any atom is 0.317 e. The van der Waals surface area contributed by atoms with Gasteiger partial charge in [-0.05, 0) is 24.1 Å². The summed E-state index contributed by atoms with van der Waals surface area (Å²) in [7, 11) is 0. The highest BCUT2D eigenvalue weighted by atomic mass is 79.9. The molecule has 2 amide bonds. The Labute approximate surface area is 132 Å². The Kier molecular flexibility index (Phi) is 4.77. The van der Waals surface area contributed by atoms with Crippen LogP contribution >= 0.6 is 15.9 Å². The molecule has 2 aliphatic heterocycles. The second-order valence-corrected chi connectivity index (χ2v) is 6.35. The van der Waals surface area contributed by atoms with Crippen LogP contribution in [0.4, 0.5) is 4.79 Å². The van der Waals surface area contributed by atoms with Gasteiger partial charge in [-0.2, -0.15) is 0 Å². The van der Waals surface area contributed by atoms with E-state index in [4.69, 9.17) is 9.47 Å². The van der Waals surface area contributed by atoms with E-state index >= 15 is 0 Å². The zero-order chi connectivity index (χ0) is 14.7. The van der Waals surface area contributed by atoms with Crippen LogP contribution in [0.1, 0.15) is 5.56 Å². The summed E-state index contributed by atoms with van der Waals surface area (Å²) < 4.78 is 12.2. The smallest absolute Gasteiger partial charge is 0.317 e. The lowest BCUT2D eigenvalue weighted by atomic mass is 10.1. The fourth-order valence-electron chi connectivity index (χ4n) is 2.72. The molecule has 2 unspecified atom stereocenters. The van der Waals surface area contributed by atoms with Crippen LogP contribution in [0.3, 0.4) is 0 Å². The number of hydrogen-bond acceptors (Lipinski definition) is 3. The maximum absolute atomic E-state index is 12.2. The number of benzene rings is 1. The second kappa shape index (κ2) is 6.77. The van der Waals surface area contributed by atoms with Crippen LogP contribution in [0.5, 0.6) is 0 Å². The van der Waals surface area contributed by atoms with Crippen molar-refractivity contribution in [1.82, 2.24) is 10.2 Å². The first-order chi connectivity index (χ1) is 10.2. The third-order valence-electron chi connectivity index (χ3n) is 3.71. The molecule has 3 rings (SSSR count). The normalized spacial score (nSPS) is 24.7. The predicted molar refractivity (Wildman–Crippen MR) is 82.3 cm³/mol. The van der Waals surface area contributed by atoms with Gasteiger partial charge in [-0.1, -0.05) is 28.1 Å². The van der Waals surface area contributed by atoms with Crippen molar-refractivity contribution in [3.8, 4) is 0 Å². The number of hydrogen-bond donors (Lipinski definition) is 1. The van der Waals surface area contributed by atoms with Crippen LogP contribution in [0.15, 0.2) is 28.7 Å². The number of fused-ring (bicyclic) bond motifs is 2. The van der Waals surface area contributed by atoms with Gasteiger partial charge in [0.05, 0.1) is 38.5 Å². The Hall–Kier alpha value is -1.11. The van der Waals surface area contributed by atoms with Crippen molar-refractivity contribution in [3.63, 3.8) is 0 Å². The first kappa shape index (κ1) is 14.8. The number of nitrogens with one attached hydrogen (secondary N) is 1. The van der Waals surface area contributed by atoms with Crippen molar-refractivity contribution in [1.29, 1.82) is 0 Å². The van der Waals surface area contributed by atoms with Gasteiger partial charge in [0.2, 0.25) is 0 Å². The first-order valence-electron chi connectivity index (χ1n) is 7.21. The molecule has 6 heteroatoms. The van der Waals surface area contributed by atoms with E-state index in [0.717, 1.165) is 10.9 Å². The number of halogens is 1. The van der Waals surface area contributed by atoms with Crippen LogP contribution in [0.2, 0.25) is 0 Å². The van der Waals surface area contributed by atoms with Crippen LogP contribution in [-0.2, 0) is 15.9 Å². The van der Waals surface area contributed by atoms with E-state index < -0.39 is 0 Å². The van der Waals surface area contributed by atoms with Gasteiger partial charge in [0, 0.05) is 11.0 Å². The summed E-state index contributed by atoms with van der Waals surface area (Å²) in [5.74, 6) is 0. The molecule has 1 aromatic carbocycles. The van der Waals surface area contributed by atoms with Crippen LogP contribution in [0, 0.1) is 0 Å². The topological polar surface area (TPSA) is 50.8 Å². The Balaban J connectivity index is 1.46. The molecule has 1 aromatic rings. The number of carbonyl (C=O) groups is 1. The van der Waals surface area contributed by atoms with Crippen LogP contribution in [-0.4, -0.2) is 56.0 Å². The van der Waals surface area contributed by atoms with Gasteiger partial charge in [0.25, 0.3) is 0 Å². The number of carbonyl (C=O) groups excluding carboxylic acids is 1. The lowest BCUT2D eigenvalue weighted by Crippen LogP contribution is -2.57. The van der Waals surface area contributed by atoms with Crippen molar-refractivity contribution < 1.29 is 14.3 Å². The van der Waals surface area contributed by atoms with E-state index in [1.807, 2.05) is 17.0 Å². The van der Waals surface area contributed by atoms with Gasteiger partial charge in [-0.15, -0.1) is 0 Å². The summed E-state index contributed by atoms with van der Waals surface area (Å²) in [6.45, 7) is 3.02. The van der Waals surface area contributed by atoms with E-state index in [9.17, 15) is 4.79 Å². The number of ether oxygens (including phenoxy) is 2. The van der Waals surface area contributed by atoms with E-state index in [-0.39, 0.29) is 18.2 Å². The molecular weight excluding hydrogens is 336 g/mol. The minimum atomic E-state index is -0.00908. The molecule has 0 radical (unpaired) electrons. The Bertz CT molecular complexity index is 499.